The number of benzene rings is 2. The van der Waals surface area contributed by atoms with Crippen LogP contribution in [-0.2, 0) is 10.9 Å². The number of rotatable bonds is 4. The van der Waals surface area contributed by atoms with Crippen LogP contribution < -0.4 is 10.6 Å². The monoisotopic (exact) mass is 523 g/mol. The Morgan fingerprint density at radius 2 is 1.83 bits per heavy atom. The summed E-state index contributed by atoms with van der Waals surface area (Å²) in [5, 5.41) is 5.26. The highest BCUT2D eigenvalue weighted by molar-refractivity contribution is 6.31. The smallest absolute Gasteiger partial charge is 0.380 e. The Morgan fingerprint density at radius 1 is 1.08 bits per heavy atom. The predicted molar refractivity (Wildman–Crippen MR) is 118 cm³/mol. The number of halogens is 6. The fourth-order valence-corrected chi connectivity index (χ4v) is 4.31. The van der Waals surface area contributed by atoms with Gasteiger partial charge in [-0.3, -0.25) is 9.59 Å². The Labute approximate surface area is 205 Å². The maximum absolute atomic E-state index is 14.0. The number of amides is 2. The van der Waals surface area contributed by atoms with Crippen LogP contribution in [0.2, 0.25) is 5.02 Å². The van der Waals surface area contributed by atoms with Crippen molar-refractivity contribution in [3.05, 3.63) is 92.8 Å². The summed E-state index contributed by atoms with van der Waals surface area (Å²) in [5.74, 6) is -3.71. The number of alkyl halides is 3. The first kappa shape index (κ1) is 24.1. The number of nitrogens with zero attached hydrogens (tertiary/aromatic N) is 1. The number of nitrogens with one attached hydrogen (secondary N) is 2. The van der Waals surface area contributed by atoms with Gasteiger partial charge in [0.25, 0.3) is 11.8 Å². The lowest BCUT2D eigenvalue weighted by atomic mass is 9.95. The van der Waals surface area contributed by atoms with Crippen LogP contribution in [0.5, 0.6) is 0 Å². The fraction of sp³-hybridized carbons (Fsp3) is 0.208. The molecule has 2 N–H and O–H groups in total. The molecule has 3 aromatic rings. The zero-order valence-corrected chi connectivity index (χ0v) is 18.8. The van der Waals surface area contributed by atoms with Gasteiger partial charge in [-0.25, -0.2) is 13.8 Å². The van der Waals surface area contributed by atoms with Crippen LogP contribution in [0.3, 0.4) is 0 Å². The highest BCUT2D eigenvalue weighted by Gasteiger charge is 2.38. The summed E-state index contributed by atoms with van der Waals surface area (Å²) in [6, 6.07) is 5.46. The van der Waals surface area contributed by atoms with Crippen molar-refractivity contribution in [2.45, 2.75) is 18.1 Å². The van der Waals surface area contributed by atoms with E-state index in [1.54, 1.807) is 0 Å². The highest BCUT2D eigenvalue weighted by Crippen LogP contribution is 2.40. The van der Waals surface area contributed by atoms with E-state index in [4.69, 9.17) is 16.3 Å². The van der Waals surface area contributed by atoms with Gasteiger partial charge >= 0.3 is 6.18 Å². The summed E-state index contributed by atoms with van der Waals surface area (Å²) in [5.41, 5.74) is -1.20. The average molecular weight is 524 g/mol. The largest absolute Gasteiger partial charge is 0.416 e. The summed E-state index contributed by atoms with van der Waals surface area (Å²) < 4.78 is 72.5. The quantitative estimate of drug-likeness (QED) is 0.459. The van der Waals surface area contributed by atoms with E-state index >= 15 is 0 Å². The third-order valence-electron chi connectivity index (χ3n) is 5.92. The van der Waals surface area contributed by atoms with Gasteiger partial charge in [-0.15, -0.1) is 0 Å². The standard InChI is InChI=1S/C24H15ClF5N3O3/c25-16-2-1-13(26)6-15(16)20-19-18(7-17(11-8-36-9-11)31-21(19)23(35)33-20)32-22(34)10-3-12(24(28,29)30)5-14(27)4-10/h1-7,11,20H,8-9H2,(H,33,35)(H,31,32,34). The molecule has 0 spiro atoms. The van der Waals surface area contributed by atoms with E-state index in [9.17, 15) is 31.5 Å². The summed E-state index contributed by atoms with van der Waals surface area (Å²) in [7, 11) is 0. The Balaban J connectivity index is 1.61. The molecular formula is C24H15ClF5N3O3. The molecule has 2 aliphatic rings. The SMILES string of the molecule is O=C(Nc1cc(C2COC2)nc2c1C(c1cc(F)ccc1Cl)NC2=O)c1cc(F)cc(C(F)(F)F)c1. The molecule has 2 amide bonds. The minimum Gasteiger partial charge on any atom is -0.380 e. The molecule has 1 atom stereocenters. The summed E-state index contributed by atoms with van der Waals surface area (Å²) in [6.07, 6.45) is -4.87. The third-order valence-corrected chi connectivity index (χ3v) is 6.26. The maximum Gasteiger partial charge on any atom is 0.416 e. The van der Waals surface area contributed by atoms with Crippen molar-refractivity contribution in [3.8, 4) is 0 Å². The molecule has 0 bridgehead atoms. The number of fused-ring (bicyclic) bond motifs is 1. The van der Waals surface area contributed by atoms with Crippen molar-refractivity contribution in [1.82, 2.24) is 10.3 Å². The molecule has 6 nitrogen and oxygen atoms in total. The minimum absolute atomic E-state index is 0.0356. The van der Waals surface area contributed by atoms with E-state index < -0.39 is 46.8 Å². The topological polar surface area (TPSA) is 80.3 Å². The minimum atomic E-state index is -4.87. The molecule has 1 unspecified atom stereocenters. The number of ether oxygens (including phenoxy) is 1. The molecule has 0 aliphatic carbocycles. The molecule has 3 heterocycles. The van der Waals surface area contributed by atoms with Crippen molar-refractivity contribution >= 4 is 29.1 Å². The van der Waals surface area contributed by atoms with E-state index in [0.717, 1.165) is 12.1 Å². The molecule has 2 aromatic carbocycles. The summed E-state index contributed by atoms with van der Waals surface area (Å²) in [4.78, 5) is 30.2. The molecule has 186 valence electrons. The zero-order valence-electron chi connectivity index (χ0n) is 18.1. The van der Waals surface area contributed by atoms with Gasteiger partial charge in [0.2, 0.25) is 0 Å². The van der Waals surface area contributed by atoms with Crippen molar-refractivity contribution in [2.75, 3.05) is 18.5 Å². The van der Waals surface area contributed by atoms with Gasteiger partial charge in [-0.1, -0.05) is 11.6 Å². The Kier molecular flexibility index (Phi) is 5.92. The van der Waals surface area contributed by atoms with Gasteiger partial charge in [-0.05, 0) is 42.5 Å². The van der Waals surface area contributed by atoms with Crippen molar-refractivity contribution < 1.29 is 36.3 Å². The Bertz CT molecular complexity index is 1410. The normalized spacial score (nSPS) is 17.4. The fourth-order valence-electron chi connectivity index (χ4n) is 4.08. The van der Waals surface area contributed by atoms with E-state index in [2.05, 4.69) is 15.6 Å². The van der Waals surface area contributed by atoms with Gasteiger partial charge < -0.3 is 15.4 Å². The van der Waals surface area contributed by atoms with Crippen molar-refractivity contribution in [3.63, 3.8) is 0 Å². The molecule has 0 radical (unpaired) electrons. The Morgan fingerprint density at radius 3 is 2.50 bits per heavy atom. The van der Waals surface area contributed by atoms with Crippen LogP contribution in [0.15, 0.2) is 42.5 Å². The van der Waals surface area contributed by atoms with Crippen LogP contribution in [0.4, 0.5) is 27.6 Å². The van der Waals surface area contributed by atoms with Gasteiger partial charge in [-0.2, -0.15) is 13.2 Å². The molecule has 1 saturated heterocycles. The molecular weight excluding hydrogens is 509 g/mol. The first-order valence-electron chi connectivity index (χ1n) is 10.6. The zero-order chi connectivity index (χ0) is 25.8. The second-order valence-electron chi connectivity index (χ2n) is 8.34. The molecule has 1 aromatic heterocycles. The highest BCUT2D eigenvalue weighted by atomic mass is 35.5. The molecule has 2 aliphatic heterocycles. The second-order valence-corrected chi connectivity index (χ2v) is 8.75. The maximum atomic E-state index is 14.0. The molecule has 12 heteroatoms. The van der Waals surface area contributed by atoms with Gasteiger partial charge in [0.15, 0.2) is 0 Å². The van der Waals surface area contributed by atoms with E-state index in [1.165, 1.54) is 12.1 Å². The molecule has 36 heavy (non-hydrogen) atoms. The van der Waals surface area contributed by atoms with Gasteiger partial charge in [0, 0.05) is 27.6 Å². The lowest BCUT2D eigenvalue weighted by Gasteiger charge is -2.26. The molecule has 0 saturated carbocycles. The Hall–Kier alpha value is -3.57. The molecule has 5 rings (SSSR count). The number of carbonyl (C=O) groups excluding carboxylic acids is 2. The average Bonchev–Trinajstić information content (AvgIpc) is 3.10. The number of hydrogen-bond donors (Lipinski definition) is 2. The first-order chi connectivity index (χ1) is 17.0. The van der Waals surface area contributed by atoms with Crippen LogP contribution in [0.1, 0.15) is 55.2 Å². The van der Waals surface area contributed by atoms with E-state index in [-0.39, 0.29) is 39.5 Å². The summed E-state index contributed by atoms with van der Waals surface area (Å²) in [6.45, 7) is 0.636. The third kappa shape index (κ3) is 4.40. The van der Waals surface area contributed by atoms with Crippen molar-refractivity contribution in [1.29, 1.82) is 0 Å². The van der Waals surface area contributed by atoms with E-state index in [0.29, 0.717) is 31.0 Å². The van der Waals surface area contributed by atoms with Crippen LogP contribution >= 0.6 is 11.6 Å². The van der Waals surface area contributed by atoms with Gasteiger partial charge in [0.05, 0.1) is 36.2 Å². The predicted octanol–water partition coefficient (Wildman–Crippen LogP) is 5.23. The molecule has 1 fully saturated rings. The van der Waals surface area contributed by atoms with Crippen LogP contribution in [0, 0.1) is 11.6 Å². The van der Waals surface area contributed by atoms with E-state index in [1.807, 2.05) is 0 Å². The number of anilines is 1. The second kappa shape index (κ2) is 8.82. The number of aromatic nitrogens is 1. The lowest BCUT2D eigenvalue weighted by Crippen LogP contribution is -2.27. The van der Waals surface area contributed by atoms with Gasteiger partial charge in [0.1, 0.15) is 17.3 Å². The lowest BCUT2D eigenvalue weighted by molar-refractivity contribution is -0.137. The van der Waals surface area contributed by atoms with Crippen LogP contribution in [0.25, 0.3) is 0 Å². The van der Waals surface area contributed by atoms with Crippen molar-refractivity contribution in [2.24, 2.45) is 0 Å². The number of pyridine rings is 1. The first-order valence-corrected chi connectivity index (χ1v) is 11.0. The summed E-state index contributed by atoms with van der Waals surface area (Å²) >= 11 is 6.24. The number of carbonyl (C=O) groups is 2. The van der Waals surface area contributed by atoms with Crippen LogP contribution in [-0.4, -0.2) is 30.0 Å². The number of hydrogen-bond acceptors (Lipinski definition) is 4.